The number of carbonyl (C=O) groups is 1. The highest BCUT2D eigenvalue weighted by molar-refractivity contribution is 6.01. The number of hydrogen-bond acceptors (Lipinski definition) is 3. The Morgan fingerprint density at radius 2 is 2.18 bits per heavy atom. The highest BCUT2D eigenvalue weighted by Crippen LogP contribution is 2.37. The third kappa shape index (κ3) is 2.35. The van der Waals surface area contributed by atoms with E-state index in [1.54, 1.807) is 12.1 Å². The number of hydrogen-bond donors (Lipinski definition) is 2. The van der Waals surface area contributed by atoms with Gasteiger partial charge in [-0.3, -0.25) is 4.79 Å². The first kappa shape index (κ1) is 11.8. The van der Waals surface area contributed by atoms with Crippen LogP contribution in [0.2, 0.25) is 0 Å². The number of nitrogens with zero attached hydrogens (tertiary/aromatic N) is 1. The Labute approximate surface area is 102 Å². The van der Waals surface area contributed by atoms with Crippen molar-refractivity contribution in [1.82, 2.24) is 0 Å². The van der Waals surface area contributed by atoms with Crippen LogP contribution in [0.4, 0.5) is 11.4 Å². The van der Waals surface area contributed by atoms with Gasteiger partial charge in [-0.05, 0) is 31.4 Å². The van der Waals surface area contributed by atoms with E-state index in [0.717, 1.165) is 18.7 Å². The molecule has 1 aromatic rings. The first-order valence-electron chi connectivity index (χ1n) is 6.10. The number of amides is 1. The highest BCUT2D eigenvalue weighted by atomic mass is 16.1. The van der Waals surface area contributed by atoms with E-state index in [-0.39, 0.29) is 0 Å². The van der Waals surface area contributed by atoms with Gasteiger partial charge in [0.25, 0.3) is 5.91 Å². The molecule has 1 amide bonds. The molecule has 1 fully saturated rings. The number of carbonyl (C=O) groups excluding carboxylic acids is 1. The topological polar surface area (TPSA) is 72.3 Å². The largest absolute Gasteiger partial charge is 0.397 e. The summed E-state index contributed by atoms with van der Waals surface area (Å²) in [6.07, 6.45) is 3.38. The summed E-state index contributed by atoms with van der Waals surface area (Å²) in [6.45, 7) is 3.04. The third-order valence-corrected chi connectivity index (χ3v) is 3.07. The molecule has 1 aromatic carbocycles. The van der Waals surface area contributed by atoms with Crippen LogP contribution in [0.3, 0.4) is 0 Å². The van der Waals surface area contributed by atoms with Gasteiger partial charge >= 0.3 is 0 Å². The summed E-state index contributed by atoms with van der Waals surface area (Å²) in [6, 6.07) is 5.87. The molecule has 4 N–H and O–H groups in total. The predicted octanol–water partition coefficient (Wildman–Crippen LogP) is 1.75. The Morgan fingerprint density at radius 3 is 2.71 bits per heavy atom. The van der Waals surface area contributed by atoms with Crippen LogP contribution in [0.5, 0.6) is 0 Å². The minimum absolute atomic E-state index is 0.408. The smallest absolute Gasteiger partial charge is 0.250 e. The average Bonchev–Trinajstić information content (AvgIpc) is 3.10. The third-order valence-electron chi connectivity index (χ3n) is 3.07. The molecule has 0 unspecified atom stereocenters. The molecule has 0 heterocycles. The number of para-hydroxylation sites is 1. The number of primary amides is 1. The van der Waals surface area contributed by atoms with Crippen molar-refractivity contribution in [2.45, 2.75) is 32.2 Å². The number of benzene rings is 1. The standard InChI is InChI=1S/C13H19N3O/c1-2-8-16(9-6-7-9)12-10(13(15)17)4-3-5-11(12)14/h3-5,9H,2,6-8,14H2,1H3,(H2,15,17). The molecular formula is C13H19N3O. The normalized spacial score (nSPS) is 14.6. The Kier molecular flexibility index (Phi) is 3.22. The minimum Gasteiger partial charge on any atom is -0.397 e. The number of nitrogen functional groups attached to an aromatic ring is 1. The van der Waals surface area contributed by atoms with Crippen LogP contribution < -0.4 is 16.4 Å². The van der Waals surface area contributed by atoms with Crippen molar-refractivity contribution >= 4 is 17.3 Å². The monoisotopic (exact) mass is 233 g/mol. The number of nitrogens with two attached hydrogens (primary N) is 2. The van der Waals surface area contributed by atoms with E-state index >= 15 is 0 Å². The van der Waals surface area contributed by atoms with Crippen molar-refractivity contribution in [3.05, 3.63) is 23.8 Å². The fourth-order valence-corrected chi connectivity index (χ4v) is 2.18. The summed E-state index contributed by atoms with van der Waals surface area (Å²) in [4.78, 5) is 13.7. The zero-order chi connectivity index (χ0) is 12.4. The van der Waals surface area contributed by atoms with Crippen molar-refractivity contribution in [2.24, 2.45) is 5.73 Å². The SMILES string of the molecule is CCCN(c1c(N)cccc1C(N)=O)C1CC1. The molecule has 1 aliphatic carbocycles. The molecule has 4 nitrogen and oxygen atoms in total. The molecule has 0 atom stereocenters. The molecule has 4 heteroatoms. The van der Waals surface area contributed by atoms with Gasteiger partial charge in [-0.2, -0.15) is 0 Å². The summed E-state index contributed by atoms with van der Waals surface area (Å²) < 4.78 is 0. The lowest BCUT2D eigenvalue weighted by molar-refractivity contribution is 0.100. The second-order valence-electron chi connectivity index (χ2n) is 4.53. The van der Waals surface area contributed by atoms with Crippen molar-refractivity contribution in [3.63, 3.8) is 0 Å². The first-order valence-corrected chi connectivity index (χ1v) is 6.10. The maximum absolute atomic E-state index is 11.5. The molecule has 1 saturated carbocycles. The van der Waals surface area contributed by atoms with E-state index in [2.05, 4.69) is 11.8 Å². The van der Waals surface area contributed by atoms with Gasteiger partial charge in [0.2, 0.25) is 0 Å². The van der Waals surface area contributed by atoms with E-state index in [1.165, 1.54) is 12.8 Å². The molecule has 0 spiro atoms. The van der Waals surface area contributed by atoms with Crippen LogP contribution in [-0.4, -0.2) is 18.5 Å². The number of anilines is 2. The van der Waals surface area contributed by atoms with Crippen molar-refractivity contribution in [3.8, 4) is 0 Å². The number of rotatable bonds is 5. The van der Waals surface area contributed by atoms with Crippen molar-refractivity contribution < 1.29 is 4.79 Å². The van der Waals surface area contributed by atoms with Gasteiger partial charge in [-0.1, -0.05) is 13.0 Å². The molecule has 92 valence electrons. The summed E-state index contributed by atoms with van der Waals surface area (Å²) >= 11 is 0. The van der Waals surface area contributed by atoms with Crippen LogP contribution in [0.25, 0.3) is 0 Å². The summed E-state index contributed by atoms with van der Waals surface area (Å²) in [7, 11) is 0. The van der Waals surface area contributed by atoms with Gasteiger partial charge in [0.05, 0.1) is 16.9 Å². The first-order chi connectivity index (χ1) is 8.15. The van der Waals surface area contributed by atoms with E-state index < -0.39 is 5.91 Å². The van der Waals surface area contributed by atoms with Crippen LogP contribution in [-0.2, 0) is 0 Å². The Balaban J connectivity index is 2.43. The molecule has 1 aliphatic rings. The molecular weight excluding hydrogens is 214 g/mol. The van der Waals surface area contributed by atoms with E-state index in [1.807, 2.05) is 6.07 Å². The Hall–Kier alpha value is -1.71. The fraction of sp³-hybridized carbons (Fsp3) is 0.462. The molecule has 0 radical (unpaired) electrons. The van der Waals surface area contributed by atoms with Crippen molar-refractivity contribution in [1.29, 1.82) is 0 Å². The Bertz CT molecular complexity index is 427. The van der Waals surface area contributed by atoms with Crippen LogP contribution in [0.15, 0.2) is 18.2 Å². The molecule has 0 aromatic heterocycles. The van der Waals surface area contributed by atoms with E-state index in [9.17, 15) is 4.79 Å². The quantitative estimate of drug-likeness (QED) is 0.761. The molecule has 2 rings (SSSR count). The van der Waals surface area contributed by atoms with Crippen LogP contribution in [0.1, 0.15) is 36.5 Å². The van der Waals surface area contributed by atoms with E-state index in [4.69, 9.17) is 11.5 Å². The fourth-order valence-electron chi connectivity index (χ4n) is 2.18. The average molecular weight is 233 g/mol. The Morgan fingerprint density at radius 1 is 1.47 bits per heavy atom. The second-order valence-corrected chi connectivity index (χ2v) is 4.53. The van der Waals surface area contributed by atoms with Gasteiger partial charge in [0.15, 0.2) is 0 Å². The van der Waals surface area contributed by atoms with Crippen molar-refractivity contribution in [2.75, 3.05) is 17.2 Å². The van der Waals surface area contributed by atoms with Crippen LogP contribution in [0, 0.1) is 0 Å². The maximum Gasteiger partial charge on any atom is 0.250 e. The van der Waals surface area contributed by atoms with Gasteiger partial charge in [-0.25, -0.2) is 0 Å². The predicted molar refractivity (Wildman–Crippen MR) is 70.0 cm³/mol. The van der Waals surface area contributed by atoms with Gasteiger partial charge in [-0.15, -0.1) is 0 Å². The molecule has 17 heavy (non-hydrogen) atoms. The minimum atomic E-state index is -0.408. The second kappa shape index (κ2) is 4.65. The van der Waals surface area contributed by atoms with Gasteiger partial charge in [0.1, 0.15) is 0 Å². The lowest BCUT2D eigenvalue weighted by atomic mass is 10.1. The molecule has 0 aliphatic heterocycles. The van der Waals surface area contributed by atoms with Gasteiger partial charge < -0.3 is 16.4 Å². The zero-order valence-corrected chi connectivity index (χ0v) is 10.1. The van der Waals surface area contributed by atoms with Crippen LogP contribution >= 0.6 is 0 Å². The molecule has 0 saturated heterocycles. The highest BCUT2D eigenvalue weighted by Gasteiger charge is 2.31. The van der Waals surface area contributed by atoms with E-state index in [0.29, 0.717) is 17.3 Å². The maximum atomic E-state index is 11.5. The van der Waals surface area contributed by atoms with Gasteiger partial charge in [0, 0.05) is 12.6 Å². The zero-order valence-electron chi connectivity index (χ0n) is 10.1. The summed E-state index contributed by atoms with van der Waals surface area (Å²) in [5.74, 6) is -0.408. The lowest BCUT2D eigenvalue weighted by Crippen LogP contribution is -2.30. The lowest BCUT2D eigenvalue weighted by Gasteiger charge is -2.27. The summed E-state index contributed by atoms with van der Waals surface area (Å²) in [5.41, 5.74) is 13.4. The molecule has 0 bridgehead atoms. The summed E-state index contributed by atoms with van der Waals surface area (Å²) in [5, 5.41) is 0.